The molecular weight excluding hydrogens is 428 g/mol. The minimum atomic E-state index is -0.137. The maximum atomic E-state index is 12.9. The van der Waals surface area contributed by atoms with Gasteiger partial charge in [0.05, 0.1) is 23.4 Å². The zero-order valence-corrected chi connectivity index (χ0v) is 18.5. The second-order valence-corrected chi connectivity index (χ2v) is 9.46. The lowest BCUT2D eigenvalue weighted by Crippen LogP contribution is -2.26. The van der Waals surface area contributed by atoms with E-state index in [0.29, 0.717) is 22.7 Å². The highest BCUT2D eigenvalue weighted by Gasteiger charge is 2.68. The van der Waals surface area contributed by atoms with Crippen molar-refractivity contribution >= 4 is 28.2 Å². The first kappa shape index (κ1) is 19.4. The van der Waals surface area contributed by atoms with Crippen LogP contribution >= 0.6 is 11.6 Å². The number of fused-ring (bicyclic) bond motifs is 2. The third kappa shape index (κ3) is 2.93. The Bertz CT molecular complexity index is 1420. The van der Waals surface area contributed by atoms with Crippen LogP contribution in [-0.2, 0) is 6.54 Å². The molecule has 3 atom stereocenters. The smallest absolute Gasteiger partial charge is 0.262 e. The van der Waals surface area contributed by atoms with Crippen LogP contribution in [0.2, 0.25) is 5.02 Å². The first-order chi connectivity index (χ1) is 15.4. The van der Waals surface area contributed by atoms with Gasteiger partial charge in [-0.2, -0.15) is 4.98 Å². The summed E-state index contributed by atoms with van der Waals surface area (Å²) < 4.78 is 7.02. The maximum Gasteiger partial charge on any atom is 0.262 e. The maximum absolute atomic E-state index is 12.9. The number of rotatable bonds is 4. The molecule has 0 radical (unpaired) electrons. The number of halogens is 1. The van der Waals surface area contributed by atoms with E-state index in [0.717, 1.165) is 35.2 Å². The van der Waals surface area contributed by atoms with Crippen LogP contribution in [0.25, 0.3) is 10.9 Å². The van der Waals surface area contributed by atoms with Crippen molar-refractivity contribution < 1.29 is 4.52 Å². The minimum Gasteiger partial charge on any atom is -0.371 e. The Morgan fingerprint density at radius 1 is 1.31 bits per heavy atom. The van der Waals surface area contributed by atoms with Gasteiger partial charge in [0.1, 0.15) is 6.54 Å². The highest BCUT2D eigenvalue weighted by molar-refractivity contribution is 6.30. The standard InChI is InChI=1S/C23H21ClN6O2/c1-13-7-25-8-17-19(13)22(31)30(12-26-17)10-18-27-21(28-32-18)20-16-9-29(11-23(16,20)2)15-5-3-4-14(24)6-15/h3-8,12,16,20H,9-11H2,1-2H3/t16-,20+,23?/m0/s1. The van der Waals surface area contributed by atoms with Gasteiger partial charge in [0.25, 0.3) is 5.56 Å². The molecule has 0 N–H and O–H groups in total. The molecule has 4 heterocycles. The first-order valence-electron chi connectivity index (χ1n) is 10.6. The van der Waals surface area contributed by atoms with E-state index in [4.69, 9.17) is 16.1 Å². The molecule has 1 saturated heterocycles. The lowest BCUT2D eigenvalue weighted by molar-refractivity contribution is 0.362. The molecule has 32 heavy (non-hydrogen) atoms. The van der Waals surface area contributed by atoms with E-state index in [1.807, 2.05) is 25.1 Å². The minimum absolute atomic E-state index is 0.106. The van der Waals surface area contributed by atoms with Crippen molar-refractivity contribution in [1.82, 2.24) is 24.7 Å². The number of pyridine rings is 1. The Balaban J connectivity index is 1.21. The quantitative estimate of drug-likeness (QED) is 0.472. The number of benzene rings is 1. The van der Waals surface area contributed by atoms with E-state index in [1.165, 1.54) is 10.9 Å². The molecule has 1 aliphatic heterocycles. The van der Waals surface area contributed by atoms with Gasteiger partial charge in [0, 0.05) is 41.3 Å². The number of hydrogen-bond donors (Lipinski definition) is 0. The largest absolute Gasteiger partial charge is 0.371 e. The molecule has 3 aromatic heterocycles. The lowest BCUT2D eigenvalue weighted by atomic mass is 10.1. The molecule has 8 nitrogen and oxygen atoms in total. The zero-order valence-electron chi connectivity index (χ0n) is 17.7. The van der Waals surface area contributed by atoms with E-state index in [-0.39, 0.29) is 23.4 Å². The summed E-state index contributed by atoms with van der Waals surface area (Å²) in [7, 11) is 0. The summed E-state index contributed by atoms with van der Waals surface area (Å²) in [6, 6.07) is 7.97. The van der Waals surface area contributed by atoms with Gasteiger partial charge in [-0.1, -0.05) is 29.7 Å². The summed E-state index contributed by atoms with van der Waals surface area (Å²) in [5.41, 5.74) is 2.49. The summed E-state index contributed by atoms with van der Waals surface area (Å²) in [6.07, 6.45) is 4.77. The zero-order chi connectivity index (χ0) is 22.0. The average Bonchev–Trinajstić information content (AvgIpc) is 3.09. The van der Waals surface area contributed by atoms with E-state index in [9.17, 15) is 4.79 Å². The van der Waals surface area contributed by atoms with Crippen LogP contribution in [0.15, 0.2) is 52.3 Å². The van der Waals surface area contributed by atoms with Crippen LogP contribution in [0.1, 0.15) is 30.1 Å². The van der Waals surface area contributed by atoms with E-state index in [2.05, 4.69) is 38.0 Å². The van der Waals surface area contributed by atoms with Gasteiger partial charge >= 0.3 is 0 Å². The normalized spacial score (nSPS) is 24.2. The Morgan fingerprint density at radius 3 is 2.97 bits per heavy atom. The molecule has 1 aromatic carbocycles. The number of anilines is 1. The van der Waals surface area contributed by atoms with Crippen LogP contribution in [0.5, 0.6) is 0 Å². The van der Waals surface area contributed by atoms with Crippen LogP contribution in [0.4, 0.5) is 5.69 Å². The molecule has 0 bridgehead atoms. The summed E-state index contributed by atoms with van der Waals surface area (Å²) >= 11 is 6.16. The van der Waals surface area contributed by atoms with Crippen molar-refractivity contribution in [2.45, 2.75) is 26.3 Å². The van der Waals surface area contributed by atoms with Crippen LogP contribution in [0, 0.1) is 18.3 Å². The molecule has 0 amide bonds. The topological polar surface area (TPSA) is 89.9 Å². The monoisotopic (exact) mass is 448 g/mol. The van der Waals surface area contributed by atoms with E-state index < -0.39 is 0 Å². The summed E-state index contributed by atoms with van der Waals surface area (Å²) in [5.74, 6) is 1.86. The van der Waals surface area contributed by atoms with Gasteiger partial charge in [-0.25, -0.2) is 4.98 Å². The van der Waals surface area contributed by atoms with Gasteiger partial charge in [0.15, 0.2) is 5.82 Å². The Labute approximate surface area is 188 Å². The molecule has 1 saturated carbocycles. The van der Waals surface area contributed by atoms with Gasteiger partial charge < -0.3 is 9.42 Å². The predicted octanol–water partition coefficient (Wildman–Crippen LogP) is 3.42. The fourth-order valence-electron chi connectivity index (χ4n) is 5.22. The molecule has 2 aliphatic rings. The fourth-order valence-corrected chi connectivity index (χ4v) is 5.40. The van der Waals surface area contributed by atoms with Gasteiger partial charge in [-0.15, -0.1) is 0 Å². The summed E-state index contributed by atoms with van der Waals surface area (Å²) in [6.45, 7) is 6.18. The van der Waals surface area contributed by atoms with Crippen molar-refractivity contribution in [2.75, 3.05) is 18.0 Å². The number of aromatic nitrogens is 5. The second-order valence-electron chi connectivity index (χ2n) is 9.02. The van der Waals surface area contributed by atoms with Gasteiger partial charge in [0.2, 0.25) is 5.89 Å². The SMILES string of the molecule is Cc1cncc2ncn(Cc3nc([C@H]4[C@@H]5CN(c6cccc(Cl)c6)CC54C)no3)c(=O)c12. The van der Waals surface area contributed by atoms with Crippen molar-refractivity contribution in [3.8, 4) is 0 Å². The Morgan fingerprint density at radius 2 is 2.19 bits per heavy atom. The van der Waals surface area contributed by atoms with Crippen molar-refractivity contribution in [1.29, 1.82) is 0 Å². The summed E-state index contributed by atoms with van der Waals surface area (Å²) in [4.78, 5) is 28.4. The Kier molecular flexibility index (Phi) is 4.17. The molecule has 162 valence electrons. The average molecular weight is 449 g/mol. The number of hydrogen-bond acceptors (Lipinski definition) is 7. The van der Waals surface area contributed by atoms with Gasteiger partial charge in [-0.05, 0) is 36.6 Å². The second kappa shape index (κ2) is 6.87. The lowest BCUT2D eigenvalue weighted by Gasteiger charge is -2.23. The number of nitrogens with zero attached hydrogens (tertiary/aromatic N) is 6. The molecule has 9 heteroatoms. The molecule has 1 unspecified atom stereocenters. The molecular formula is C23H21ClN6O2. The molecule has 0 spiro atoms. The highest BCUT2D eigenvalue weighted by atomic mass is 35.5. The van der Waals surface area contributed by atoms with Crippen LogP contribution < -0.4 is 10.5 Å². The van der Waals surface area contributed by atoms with Crippen molar-refractivity contribution in [3.63, 3.8) is 0 Å². The highest BCUT2D eigenvalue weighted by Crippen LogP contribution is 2.68. The van der Waals surface area contributed by atoms with E-state index in [1.54, 1.807) is 12.4 Å². The fraction of sp³-hybridized carbons (Fsp3) is 0.348. The molecule has 2 fully saturated rings. The predicted molar refractivity (Wildman–Crippen MR) is 120 cm³/mol. The molecule has 1 aliphatic carbocycles. The molecule has 6 rings (SSSR count). The van der Waals surface area contributed by atoms with Gasteiger partial charge in [-0.3, -0.25) is 14.3 Å². The third-order valence-corrected chi connectivity index (χ3v) is 7.20. The van der Waals surface area contributed by atoms with Crippen molar-refractivity contribution in [2.24, 2.45) is 11.3 Å². The van der Waals surface area contributed by atoms with Crippen LogP contribution in [0.3, 0.4) is 0 Å². The van der Waals surface area contributed by atoms with E-state index >= 15 is 0 Å². The number of piperidine rings is 1. The number of aryl methyl sites for hydroxylation is 1. The molecule has 4 aromatic rings. The Hall–Kier alpha value is -3.26. The first-order valence-corrected chi connectivity index (χ1v) is 10.9. The summed E-state index contributed by atoms with van der Waals surface area (Å²) in [5, 5.41) is 5.56. The van der Waals surface area contributed by atoms with Crippen LogP contribution in [-0.4, -0.2) is 37.8 Å². The van der Waals surface area contributed by atoms with Crippen molar-refractivity contribution in [3.05, 3.63) is 75.6 Å². The third-order valence-electron chi connectivity index (χ3n) is 6.97.